The van der Waals surface area contributed by atoms with Crippen LogP contribution in [0, 0.1) is 0 Å². The maximum Gasteiger partial charge on any atom is 0.257 e. The maximum atomic E-state index is 13.3. The zero-order valence-electron chi connectivity index (χ0n) is 18.8. The Labute approximate surface area is 231 Å². The lowest BCUT2D eigenvalue weighted by molar-refractivity contribution is -0.117. The predicted octanol–water partition coefficient (Wildman–Crippen LogP) is 7.10. The second-order valence-electron chi connectivity index (χ2n) is 8.14. The Bertz CT molecular complexity index is 1460. The van der Waals surface area contributed by atoms with Crippen molar-refractivity contribution in [3.8, 4) is 0 Å². The molecule has 36 heavy (non-hydrogen) atoms. The number of pyridine rings is 1. The maximum absolute atomic E-state index is 13.3. The van der Waals surface area contributed by atoms with E-state index >= 15 is 0 Å². The molecular formula is C24H18Cl5N5O2. The van der Waals surface area contributed by atoms with Crippen molar-refractivity contribution in [3.05, 3.63) is 81.1 Å². The molecule has 2 aromatic carbocycles. The Morgan fingerprint density at radius 3 is 2.31 bits per heavy atom. The monoisotopic (exact) mass is 583 g/mol. The summed E-state index contributed by atoms with van der Waals surface area (Å²) in [5, 5.41) is 11.3. The van der Waals surface area contributed by atoms with Crippen molar-refractivity contribution in [2.45, 2.75) is 17.2 Å². The Balaban J connectivity index is 1.58. The summed E-state index contributed by atoms with van der Waals surface area (Å²) in [5.41, 5.74) is 2.03. The SMILES string of the molecule is Cn1ncc2cc(NC(=O)c3cc(NC(=O)C(c4cc(Cl)cc(Cl)c4)C(C)(Cl)Cl)ccc3Cl)cnc21. The number of carbonyl (C=O) groups is 2. The Morgan fingerprint density at radius 1 is 0.944 bits per heavy atom. The van der Waals surface area contributed by atoms with E-state index in [2.05, 4.69) is 20.7 Å². The van der Waals surface area contributed by atoms with Crippen molar-refractivity contribution in [1.29, 1.82) is 0 Å². The number of hydrogen-bond donors (Lipinski definition) is 2. The summed E-state index contributed by atoms with van der Waals surface area (Å²) in [6.07, 6.45) is 3.16. The van der Waals surface area contributed by atoms with Gasteiger partial charge >= 0.3 is 0 Å². The molecule has 2 N–H and O–H groups in total. The third-order valence-corrected chi connectivity index (χ3v) is 6.50. The van der Waals surface area contributed by atoms with Gasteiger partial charge in [0.1, 0.15) is 4.33 Å². The molecule has 0 aliphatic carbocycles. The van der Waals surface area contributed by atoms with Gasteiger partial charge in [0.2, 0.25) is 5.91 Å². The van der Waals surface area contributed by atoms with Crippen LogP contribution in [0.4, 0.5) is 11.4 Å². The number of fused-ring (bicyclic) bond motifs is 1. The van der Waals surface area contributed by atoms with Gasteiger partial charge in [-0.15, -0.1) is 23.2 Å². The minimum Gasteiger partial charge on any atom is -0.325 e. The quantitative estimate of drug-likeness (QED) is 0.236. The Morgan fingerprint density at radius 2 is 1.64 bits per heavy atom. The molecule has 0 aliphatic rings. The molecule has 7 nitrogen and oxygen atoms in total. The van der Waals surface area contributed by atoms with Gasteiger partial charge in [-0.3, -0.25) is 14.3 Å². The average molecular weight is 586 g/mol. The van der Waals surface area contributed by atoms with Crippen molar-refractivity contribution in [2.75, 3.05) is 10.6 Å². The first kappa shape index (κ1) is 26.5. The van der Waals surface area contributed by atoms with E-state index in [9.17, 15) is 9.59 Å². The highest BCUT2D eigenvalue weighted by molar-refractivity contribution is 6.50. The first-order valence-corrected chi connectivity index (χ1v) is 12.3. The number of carbonyl (C=O) groups excluding carboxylic acids is 2. The van der Waals surface area contributed by atoms with Gasteiger partial charge in [0.05, 0.1) is 34.6 Å². The molecule has 0 fully saturated rings. The predicted molar refractivity (Wildman–Crippen MR) is 146 cm³/mol. The van der Waals surface area contributed by atoms with Crippen LogP contribution in [-0.2, 0) is 11.8 Å². The van der Waals surface area contributed by atoms with Crippen LogP contribution in [0.1, 0.15) is 28.8 Å². The zero-order chi connectivity index (χ0) is 26.2. The number of halogens is 5. The molecule has 4 aromatic rings. The highest BCUT2D eigenvalue weighted by atomic mass is 35.5. The van der Waals surface area contributed by atoms with E-state index < -0.39 is 22.1 Å². The summed E-state index contributed by atoms with van der Waals surface area (Å²) >= 11 is 31.2. The molecule has 186 valence electrons. The van der Waals surface area contributed by atoms with Gasteiger partial charge in [-0.05, 0) is 55.0 Å². The topological polar surface area (TPSA) is 88.9 Å². The van der Waals surface area contributed by atoms with Crippen LogP contribution >= 0.6 is 58.0 Å². The largest absolute Gasteiger partial charge is 0.325 e. The van der Waals surface area contributed by atoms with Crippen LogP contribution in [0.25, 0.3) is 11.0 Å². The molecule has 0 spiro atoms. The van der Waals surface area contributed by atoms with Crippen LogP contribution in [0.3, 0.4) is 0 Å². The molecule has 2 amide bonds. The van der Waals surface area contributed by atoms with Gasteiger partial charge in [0, 0.05) is 28.2 Å². The minimum absolute atomic E-state index is 0.141. The molecule has 4 rings (SSSR count). The van der Waals surface area contributed by atoms with E-state index in [1.165, 1.54) is 31.3 Å². The van der Waals surface area contributed by atoms with Crippen LogP contribution in [0.2, 0.25) is 15.1 Å². The van der Waals surface area contributed by atoms with Crippen molar-refractivity contribution < 1.29 is 9.59 Å². The number of aromatic nitrogens is 3. The van der Waals surface area contributed by atoms with E-state index in [0.717, 1.165) is 5.39 Å². The first-order valence-electron chi connectivity index (χ1n) is 10.5. The molecule has 1 atom stereocenters. The summed E-state index contributed by atoms with van der Waals surface area (Å²) in [6, 6.07) is 10.9. The number of anilines is 2. The van der Waals surface area contributed by atoms with E-state index in [1.54, 1.807) is 42.2 Å². The summed E-state index contributed by atoms with van der Waals surface area (Å²) in [6.45, 7) is 1.49. The summed E-state index contributed by atoms with van der Waals surface area (Å²) in [5.74, 6) is -2.04. The van der Waals surface area contributed by atoms with Crippen molar-refractivity contribution in [2.24, 2.45) is 7.05 Å². The number of nitrogens with one attached hydrogen (secondary N) is 2. The highest BCUT2D eigenvalue weighted by Crippen LogP contribution is 2.40. The molecule has 2 aromatic heterocycles. The van der Waals surface area contributed by atoms with E-state index in [4.69, 9.17) is 58.0 Å². The number of aryl methyl sites for hydroxylation is 1. The lowest BCUT2D eigenvalue weighted by atomic mass is 9.94. The lowest BCUT2D eigenvalue weighted by Crippen LogP contribution is -2.32. The molecule has 0 radical (unpaired) electrons. The second kappa shape index (κ2) is 10.4. The minimum atomic E-state index is -1.50. The Kier molecular flexibility index (Phi) is 7.69. The third-order valence-electron chi connectivity index (χ3n) is 5.30. The van der Waals surface area contributed by atoms with Gasteiger partial charge in [-0.2, -0.15) is 5.10 Å². The third kappa shape index (κ3) is 5.88. The molecule has 0 aliphatic heterocycles. The van der Waals surface area contributed by atoms with Crippen molar-refractivity contribution >= 4 is 92.2 Å². The number of nitrogens with zero attached hydrogens (tertiary/aromatic N) is 3. The van der Waals surface area contributed by atoms with Crippen LogP contribution < -0.4 is 10.6 Å². The molecule has 0 bridgehead atoms. The van der Waals surface area contributed by atoms with Gasteiger partial charge in [-0.25, -0.2) is 4.98 Å². The van der Waals surface area contributed by atoms with Crippen LogP contribution in [-0.4, -0.2) is 30.9 Å². The fourth-order valence-electron chi connectivity index (χ4n) is 3.72. The van der Waals surface area contributed by atoms with Gasteiger partial charge < -0.3 is 10.6 Å². The number of benzene rings is 2. The van der Waals surface area contributed by atoms with Crippen LogP contribution in [0.15, 0.2) is 54.9 Å². The van der Waals surface area contributed by atoms with Gasteiger partial charge in [-0.1, -0.05) is 34.8 Å². The highest BCUT2D eigenvalue weighted by Gasteiger charge is 2.37. The lowest BCUT2D eigenvalue weighted by Gasteiger charge is -2.26. The first-order chi connectivity index (χ1) is 16.9. The smallest absolute Gasteiger partial charge is 0.257 e. The number of rotatable bonds is 6. The summed E-state index contributed by atoms with van der Waals surface area (Å²) in [4.78, 5) is 30.5. The molecular weight excluding hydrogens is 568 g/mol. The average Bonchev–Trinajstić information content (AvgIpc) is 3.13. The fourth-order valence-corrected chi connectivity index (χ4v) is 4.91. The second-order valence-corrected chi connectivity index (χ2v) is 11.2. The summed E-state index contributed by atoms with van der Waals surface area (Å²) in [7, 11) is 1.77. The Hall–Kier alpha value is -2.55. The van der Waals surface area contributed by atoms with Crippen molar-refractivity contribution in [1.82, 2.24) is 14.8 Å². The standard InChI is InChI=1S/C24H18Cl5N5O2/c1-24(28,29)20(12-5-14(25)8-15(26)6-12)23(36)32-16-3-4-19(27)18(9-16)22(35)33-17-7-13-10-31-34(2)21(13)30-11-17/h3-11,20H,1-2H3,(H,32,36)(H,33,35). The van der Waals surface area contributed by atoms with Crippen LogP contribution in [0.5, 0.6) is 0 Å². The van der Waals surface area contributed by atoms with Crippen molar-refractivity contribution in [3.63, 3.8) is 0 Å². The molecule has 0 saturated heterocycles. The number of hydrogen-bond acceptors (Lipinski definition) is 4. The molecule has 0 saturated carbocycles. The number of alkyl halides is 2. The molecule has 12 heteroatoms. The number of amides is 2. The normalized spacial score (nSPS) is 12.4. The van der Waals surface area contributed by atoms with Gasteiger partial charge in [0.25, 0.3) is 5.91 Å². The van der Waals surface area contributed by atoms with E-state index in [-0.39, 0.29) is 10.6 Å². The fraction of sp³-hybridized carbons (Fsp3) is 0.167. The zero-order valence-corrected chi connectivity index (χ0v) is 22.6. The molecule has 1 unspecified atom stereocenters. The van der Waals surface area contributed by atoms with E-state index in [1.807, 2.05) is 0 Å². The summed E-state index contributed by atoms with van der Waals surface area (Å²) < 4.78 is 0.129. The van der Waals surface area contributed by atoms with E-state index in [0.29, 0.717) is 32.6 Å². The molecule has 2 heterocycles. The van der Waals surface area contributed by atoms with Gasteiger partial charge in [0.15, 0.2) is 5.65 Å².